The summed E-state index contributed by atoms with van der Waals surface area (Å²) in [5.74, 6) is 0.936. The number of rotatable bonds is 1. The molecule has 1 saturated carbocycles. The Kier molecular flexibility index (Phi) is 1.48. The van der Waals surface area contributed by atoms with E-state index in [1.165, 1.54) is 19.0 Å². The lowest BCUT2D eigenvalue weighted by molar-refractivity contribution is 0.888. The van der Waals surface area contributed by atoms with Gasteiger partial charge in [-0.15, -0.1) is 0 Å². The summed E-state index contributed by atoms with van der Waals surface area (Å²) in [7, 11) is 0. The summed E-state index contributed by atoms with van der Waals surface area (Å²) in [5.41, 5.74) is 7.92. The molecule has 5 heteroatoms. The van der Waals surface area contributed by atoms with Crippen LogP contribution in [0.25, 0.3) is 5.65 Å². The lowest BCUT2D eigenvalue weighted by Crippen LogP contribution is -2.03. The first-order valence-electron chi connectivity index (χ1n) is 4.84. The van der Waals surface area contributed by atoms with Crippen molar-refractivity contribution in [3.05, 3.63) is 23.5 Å². The minimum absolute atomic E-state index is 0.368. The van der Waals surface area contributed by atoms with Crippen LogP contribution in [-0.2, 0) is 0 Å². The van der Waals surface area contributed by atoms with Crippen molar-refractivity contribution in [2.75, 3.05) is 5.73 Å². The molecule has 0 bridgehead atoms. The molecule has 15 heavy (non-hydrogen) atoms. The molecular weight excluding hydrogens is 190 g/mol. The van der Waals surface area contributed by atoms with Crippen molar-refractivity contribution in [3.8, 4) is 6.07 Å². The number of fused-ring (bicyclic) bond motifs is 1. The fourth-order valence-corrected chi connectivity index (χ4v) is 1.63. The molecule has 3 rings (SSSR count). The zero-order valence-electron chi connectivity index (χ0n) is 8.01. The van der Waals surface area contributed by atoms with Crippen LogP contribution in [-0.4, -0.2) is 14.6 Å². The topological polar surface area (TPSA) is 80.0 Å². The molecular formula is C10H9N5. The Hall–Kier alpha value is -2.09. The van der Waals surface area contributed by atoms with Gasteiger partial charge in [0.2, 0.25) is 0 Å². The maximum atomic E-state index is 8.80. The predicted molar refractivity (Wildman–Crippen MR) is 54.1 cm³/mol. The van der Waals surface area contributed by atoms with E-state index in [1.54, 1.807) is 4.52 Å². The third-order valence-electron chi connectivity index (χ3n) is 2.66. The molecule has 2 aromatic heterocycles. The van der Waals surface area contributed by atoms with Crippen LogP contribution >= 0.6 is 0 Å². The van der Waals surface area contributed by atoms with Crippen LogP contribution in [0.5, 0.6) is 0 Å². The number of nitrogens with two attached hydrogens (primary N) is 1. The van der Waals surface area contributed by atoms with Gasteiger partial charge in [-0.1, -0.05) is 0 Å². The second-order valence-corrected chi connectivity index (χ2v) is 3.78. The van der Waals surface area contributed by atoms with E-state index >= 15 is 0 Å². The Morgan fingerprint density at radius 1 is 1.53 bits per heavy atom. The summed E-state index contributed by atoms with van der Waals surface area (Å²) in [6.07, 6.45) is 3.87. The number of anilines is 1. The van der Waals surface area contributed by atoms with E-state index in [-0.39, 0.29) is 0 Å². The number of nitrogens with zero attached hydrogens (tertiary/aromatic N) is 4. The number of hydrogen-bond donors (Lipinski definition) is 1. The minimum Gasteiger partial charge on any atom is -0.382 e. The van der Waals surface area contributed by atoms with Crippen LogP contribution < -0.4 is 5.73 Å². The first-order valence-corrected chi connectivity index (χ1v) is 4.84. The molecule has 5 nitrogen and oxygen atoms in total. The highest BCUT2D eigenvalue weighted by Crippen LogP contribution is 2.39. The van der Waals surface area contributed by atoms with Gasteiger partial charge in [0, 0.05) is 12.0 Å². The van der Waals surface area contributed by atoms with Crippen LogP contribution in [0.1, 0.15) is 30.0 Å². The maximum Gasteiger partial charge on any atom is 0.157 e. The molecule has 2 aromatic rings. The quantitative estimate of drug-likeness (QED) is 0.744. The molecule has 1 aliphatic rings. The van der Waals surface area contributed by atoms with E-state index in [4.69, 9.17) is 11.0 Å². The van der Waals surface area contributed by atoms with Gasteiger partial charge >= 0.3 is 0 Å². The highest BCUT2D eigenvalue weighted by molar-refractivity contribution is 5.55. The molecule has 0 amide bonds. The molecule has 2 heterocycles. The number of nitriles is 1. The second kappa shape index (κ2) is 2.70. The fraction of sp³-hybridized carbons (Fsp3) is 0.300. The van der Waals surface area contributed by atoms with Gasteiger partial charge in [0.05, 0.1) is 11.9 Å². The van der Waals surface area contributed by atoms with Gasteiger partial charge in [-0.3, -0.25) is 0 Å². The van der Waals surface area contributed by atoms with E-state index in [1.807, 2.05) is 12.1 Å². The van der Waals surface area contributed by atoms with Crippen molar-refractivity contribution in [1.29, 1.82) is 5.26 Å². The minimum atomic E-state index is 0.368. The molecule has 0 aliphatic heterocycles. The summed E-state index contributed by atoms with van der Waals surface area (Å²) in [4.78, 5) is 4.14. The Bertz CT molecular complexity index is 573. The first-order chi connectivity index (χ1) is 7.29. The average molecular weight is 199 g/mol. The lowest BCUT2D eigenvalue weighted by atomic mass is 10.3. The average Bonchev–Trinajstić information content (AvgIpc) is 2.99. The Balaban J connectivity index is 2.26. The molecule has 0 saturated heterocycles. The summed E-state index contributed by atoms with van der Waals surface area (Å²) in [5, 5.41) is 13.2. The van der Waals surface area contributed by atoms with E-state index < -0.39 is 0 Å². The van der Waals surface area contributed by atoms with Gasteiger partial charge in [-0.25, -0.2) is 4.98 Å². The van der Waals surface area contributed by atoms with Crippen molar-refractivity contribution in [2.45, 2.75) is 18.8 Å². The van der Waals surface area contributed by atoms with Crippen LogP contribution in [0.2, 0.25) is 0 Å². The van der Waals surface area contributed by atoms with Crippen LogP contribution in [0, 0.1) is 11.3 Å². The van der Waals surface area contributed by atoms with Crippen LogP contribution in [0.4, 0.5) is 5.82 Å². The normalized spacial score (nSPS) is 15.4. The Labute approximate surface area is 86.1 Å². The SMILES string of the molecule is N#Cc1cnc2cc(C3CC3)nn2c1N. The van der Waals surface area contributed by atoms with Crippen molar-refractivity contribution in [3.63, 3.8) is 0 Å². The van der Waals surface area contributed by atoms with Gasteiger partial charge < -0.3 is 5.73 Å². The zero-order valence-corrected chi connectivity index (χ0v) is 8.01. The van der Waals surface area contributed by atoms with Crippen LogP contribution in [0.3, 0.4) is 0 Å². The molecule has 2 N–H and O–H groups in total. The molecule has 0 radical (unpaired) electrons. The first kappa shape index (κ1) is 8.24. The second-order valence-electron chi connectivity index (χ2n) is 3.78. The van der Waals surface area contributed by atoms with Gasteiger partial charge in [0.1, 0.15) is 17.5 Å². The van der Waals surface area contributed by atoms with Crippen LogP contribution in [0.15, 0.2) is 12.3 Å². The monoisotopic (exact) mass is 199 g/mol. The standard InChI is InChI=1S/C10H9N5/c11-4-7-5-13-9-3-8(6-1-2-6)14-15(9)10(7)12/h3,5-6H,1-2,12H2. The molecule has 0 spiro atoms. The van der Waals surface area contributed by atoms with Gasteiger partial charge in [-0.2, -0.15) is 14.9 Å². The molecule has 1 fully saturated rings. The molecule has 0 aromatic carbocycles. The summed E-state index contributed by atoms with van der Waals surface area (Å²) < 4.78 is 1.55. The van der Waals surface area contributed by atoms with Crippen molar-refractivity contribution >= 4 is 11.5 Å². The van der Waals surface area contributed by atoms with Gasteiger partial charge in [0.25, 0.3) is 0 Å². The number of aromatic nitrogens is 3. The smallest absolute Gasteiger partial charge is 0.157 e. The van der Waals surface area contributed by atoms with E-state index in [0.29, 0.717) is 22.9 Å². The Morgan fingerprint density at radius 2 is 2.33 bits per heavy atom. The summed E-state index contributed by atoms with van der Waals surface area (Å²) in [6.45, 7) is 0. The molecule has 74 valence electrons. The van der Waals surface area contributed by atoms with Crippen molar-refractivity contribution in [2.24, 2.45) is 0 Å². The lowest BCUT2D eigenvalue weighted by Gasteiger charge is -1.98. The highest BCUT2D eigenvalue weighted by atomic mass is 15.3. The molecule has 0 atom stereocenters. The van der Waals surface area contributed by atoms with Crippen molar-refractivity contribution < 1.29 is 0 Å². The van der Waals surface area contributed by atoms with E-state index in [0.717, 1.165) is 5.69 Å². The maximum absolute atomic E-state index is 8.80. The fourth-order valence-electron chi connectivity index (χ4n) is 1.63. The zero-order chi connectivity index (χ0) is 10.4. The number of nitrogen functional groups attached to an aromatic ring is 1. The van der Waals surface area contributed by atoms with E-state index in [2.05, 4.69) is 10.1 Å². The summed E-state index contributed by atoms with van der Waals surface area (Å²) >= 11 is 0. The van der Waals surface area contributed by atoms with Gasteiger partial charge in [0.15, 0.2) is 5.65 Å². The highest BCUT2D eigenvalue weighted by Gasteiger charge is 2.26. The van der Waals surface area contributed by atoms with E-state index in [9.17, 15) is 0 Å². The third-order valence-corrected chi connectivity index (χ3v) is 2.66. The Morgan fingerprint density at radius 3 is 3.00 bits per heavy atom. The largest absolute Gasteiger partial charge is 0.382 e. The van der Waals surface area contributed by atoms with Crippen molar-refractivity contribution in [1.82, 2.24) is 14.6 Å². The number of hydrogen-bond acceptors (Lipinski definition) is 4. The van der Waals surface area contributed by atoms with Gasteiger partial charge in [-0.05, 0) is 12.8 Å². The third kappa shape index (κ3) is 1.15. The molecule has 0 unspecified atom stereocenters. The molecule has 1 aliphatic carbocycles. The predicted octanol–water partition coefficient (Wildman–Crippen LogP) is 1.06. The summed E-state index contributed by atoms with van der Waals surface area (Å²) in [6, 6.07) is 3.93.